The topological polar surface area (TPSA) is 78.5 Å². The summed E-state index contributed by atoms with van der Waals surface area (Å²) >= 11 is 0. The number of nitrogens with zero attached hydrogens (tertiary/aromatic N) is 1. The van der Waals surface area contributed by atoms with Crippen LogP contribution in [0.3, 0.4) is 0 Å². The van der Waals surface area contributed by atoms with Gasteiger partial charge in [0.1, 0.15) is 0 Å². The van der Waals surface area contributed by atoms with Crippen molar-refractivity contribution in [1.29, 1.82) is 0 Å². The van der Waals surface area contributed by atoms with E-state index in [0.29, 0.717) is 16.8 Å². The third kappa shape index (κ3) is 4.99. The fourth-order valence-corrected chi connectivity index (χ4v) is 4.41. The summed E-state index contributed by atoms with van der Waals surface area (Å²) in [5.74, 6) is -0.107. The Morgan fingerprint density at radius 2 is 1.48 bits per heavy atom. The zero-order valence-electron chi connectivity index (χ0n) is 18.6. The van der Waals surface area contributed by atoms with Gasteiger partial charge >= 0.3 is 0 Å². The van der Waals surface area contributed by atoms with Crippen LogP contribution in [-0.2, 0) is 14.8 Å². The average molecular weight is 440 g/mol. The van der Waals surface area contributed by atoms with Gasteiger partial charge in [-0.2, -0.15) is 0 Å². The first kappa shape index (κ1) is 22.6. The van der Waals surface area contributed by atoms with Crippen LogP contribution in [0.5, 0.6) is 0 Å². The fraction of sp³-hybridized carbons (Fsp3) is 0.292. The molecule has 0 aliphatic heterocycles. The van der Waals surface area contributed by atoms with E-state index in [1.54, 1.807) is 30.3 Å². The van der Waals surface area contributed by atoms with E-state index in [1.165, 1.54) is 0 Å². The summed E-state index contributed by atoms with van der Waals surface area (Å²) in [6.07, 6.45) is 0. The van der Waals surface area contributed by atoms with E-state index in [4.69, 9.17) is 0 Å². The molecule has 0 radical (unpaired) electrons. The van der Waals surface area contributed by atoms with Crippen molar-refractivity contribution in [2.45, 2.75) is 32.6 Å². The maximum Gasteiger partial charge on any atom is 0.262 e. The van der Waals surface area contributed by atoms with Crippen LogP contribution < -0.4 is 14.9 Å². The monoisotopic (exact) mass is 439 g/mol. The quantitative estimate of drug-likeness (QED) is 0.561. The maximum absolute atomic E-state index is 13.2. The second-order valence-electron chi connectivity index (χ2n) is 8.53. The molecule has 0 atom stereocenters. The number of hydrogen-bond acceptors (Lipinski definition) is 4. The SMILES string of the molecule is CCN(C)c1ccc(S(=O)(=O)Nc2ccc(NC(=O)C(C)(C)C)cc2)c2ccccc12. The summed E-state index contributed by atoms with van der Waals surface area (Å²) < 4.78 is 29.0. The van der Waals surface area contributed by atoms with Gasteiger partial charge in [0.05, 0.1) is 4.90 Å². The summed E-state index contributed by atoms with van der Waals surface area (Å²) in [4.78, 5) is 14.4. The molecule has 0 aliphatic carbocycles. The van der Waals surface area contributed by atoms with E-state index in [0.717, 1.165) is 17.6 Å². The molecule has 3 rings (SSSR count). The van der Waals surface area contributed by atoms with E-state index in [9.17, 15) is 13.2 Å². The molecule has 3 aromatic carbocycles. The van der Waals surface area contributed by atoms with Gasteiger partial charge in [-0.1, -0.05) is 45.0 Å². The highest BCUT2D eigenvalue weighted by molar-refractivity contribution is 7.93. The molecule has 0 bridgehead atoms. The van der Waals surface area contributed by atoms with E-state index < -0.39 is 15.4 Å². The first-order valence-electron chi connectivity index (χ1n) is 10.2. The van der Waals surface area contributed by atoms with Crippen molar-refractivity contribution in [3.63, 3.8) is 0 Å². The highest BCUT2D eigenvalue weighted by Gasteiger charge is 2.22. The Hall–Kier alpha value is -3.06. The van der Waals surface area contributed by atoms with Crippen LogP contribution in [0, 0.1) is 5.41 Å². The van der Waals surface area contributed by atoms with E-state index in [1.807, 2.05) is 58.2 Å². The first-order chi connectivity index (χ1) is 14.5. The molecule has 0 saturated heterocycles. The zero-order valence-corrected chi connectivity index (χ0v) is 19.4. The summed E-state index contributed by atoms with van der Waals surface area (Å²) in [5, 5.41) is 4.38. The summed E-state index contributed by atoms with van der Waals surface area (Å²) in [7, 11) is -1.82. The standard InChI is InChI=1S/C24H29N3O3S/c1-6-27(5)21-15-16-22(20-10-8-7-9-19(20)21)31(29,30)26-18-13-11-17(12-14-18)25-23(28)24(2,3)4/h7-16,26H,6H2,1-5H3,(H,25,28). The second kappa shape index (κ2) is 8.59. The maximum atomic E-state index is 13.2. The number of carbonyl (C=O) groups excluding carboxylic acids is 1. The second-order valence-corrected chi connectivity index (χ2v) is 10.2. The number of anilines is 3. The minimum atomic E-state index is -3.80. The average Bonchev–Trinajstić information content (AvgIpc) is 2.72. The van der Waals surface area contributed by atoms with Crippen LogP contribution in [-0.4, -0.2) is 27.9 Å². The number of amides is 1. The molecule has 0 fully saturated rings. The van der Waals surface area contributed by atoms with Gasteiger partial charge in [-0.25, -0.2) is 8.42 Å². The molecule has 1 amide bonds. The van der Waals surface area contributed by atoms with Crippen LogP contribution in [0.15, 0.2) is 65.6 Å². The molecular weight excluding hydrogens is 410 g/mol. The lowest BCUT2D eigenvalue weighted by molar-refractivity contribution is -0.123. The van der Waals surface area contributed by atoms with E-state index in [2.05, 4.69) is 21.9 Å². The smallest absolute Gasteiger partial charge is 0.262 e. The van der Waals surface area contributed by atoms with Crippen LogP contribution >= 0.6 is 0 Å². The van der Waals surface area contributed by atoms with Crippen molar-refractivity contribution in [3.8, 4) is 0 Å². The Morgan fingerprint density at radius 1 is 0.903 bits per heavy atom. The molecule has 0 aliphatic rings. The Labute approximate surface area is 184 Å². The predicted molar refractivity (Wildman–Crippen MR) is 128 cm³/mol. The van der Waals surface area contributed by atoms with Gasteiger partial charge in [0, 0.05) is 46.8 Å². The van der Waals surface area contributed by atoms with Crippen molar-refractivity contribution in [2.24, 2.45) is 5.41 Å². The van der Waals surface area contributed by atoms with Gasteiger partial charge in [0.2, 0.25) is 5.91 Å². The largest absolute Gasteiger partial charge is 0.374 e. The molecule has 0 heterocycles. The van der Waals surface area contributed by atoms with Gasteiger partial charge in [-0.05, 0) is 43.3 Å². The van der Waals surface area contributed by atoms with Gasteiger partial charge in [-0.15, -0.1) is 0 Å². The van der Waals surface area contributed by atoms with Gasteiger partial charge in [-0.3, -0.25) is 9.52 Å². The Morgan fingerprint density at radius 3 is 2.06 bits per heavy atom. The van der Waals surface area contributed by atoms with Crippen LogP contribution in [0.25, 0.3) is 10.8 Å². The highest BCUT2D eigenvalue weighted by atomic mass is 32.2. The van der Waals surface area contributed by atoms with Crippen molar-refractivity contribution < 1.29 is 13.2 Å². The number of carbonyl (C=O) groups is 1. The first-order valence-corrected chi connectivity index (χ1v) is 11.7. The van der Waals surface area contributed by atoms with Crippen LogP contribution in [0.4, 0.5) is 17.1 Å². The molecule has 6 nitrogen and oxygen atoms in total. The number of sulfonamides is 1. The Bertz CT molecular complexity index is 1200. The predicted octanol–water partition coefficient (Wildman–Crippen LogP) is 5.08. The molecule has 0 unspecified atom stereocenters. The minimum Gasteiger partial charge on any atom is -0.374 e. The van der Waals surface area contributed by atoms with Crippen molar-refractivity contribution in [1.82, 2.24) is 0 Å². The van der Waals surface area contributed by atoms with Crippen LogP contribution in [0.2, 0.25) is 0 Å². The normalized spacial score (nSPS) is 11.9. The third-order valence-corrected chi connectivity index (χ3v) is 6.55. The van der Waals surface area contributed by atoms with Crippen LogP contribution in [0.1, 0.15) is 27.7 Å². The van der Waals surface area contributed by atoms with Gasteiger partial charge in [0.15, 0.2) is 0 Å². The lowest BCUT2D eigenvalue weighted by Crippen LogP contribution is -2.27. The Kier molecular flexibility index (Phi) is 6.27. The van der Waals surface area contributed by atoms with Crippen molar-refractivity contribution in [3.05, 3.63) is 60.7 Å². The molecule has 7 heteroatoms. The third-order valence-electron chi connectivity index (χ3n) is 5.11. The van der Waals surface area contributed by atoms with Crippen molar-refractivity contribution in [2.75, 3.05) is 28.5 Å². The molecule has 31 heavy (non-hydrogen) atoms. The molecule has 2 N–H and O–H groups in total. The summed E-state index contributed by atoms with van der Waals surface area (Å²) in [5.41, 5.74) is 1.50. The minimum absolute atomic E-state index is 0.107. The zero-order chi connectivity index (χ0) is 22.8. The number of benzene rings is 3. The molecular formula is C24H29N3O3S. The molecule has 0 saturated carbocycles. The fourth-order valence-electron chi connectivity index (χ4n) is 3.14. The number of fused-ring (bicyclic) bond motifs is 1. The van der Waals surface area contributed by atoms with Gasteiger partial charge in [0.25, 0.3) is 10.0 Å². The number of nitrogens with one attached hydrogen (secondary N) is 2. The summed E-state index contributed by atoms with van der Waals surface area (Å²) in [6.45, 7) is 8.36. The van der Waals surface area contributed by atoms with Crippen molar-refractivity contribution >= 4 is 43.8 Å². The number of hydrogen-bond donors (Lipinski definition) is 2. The Balaban J connectivity index is 1.89. The lowest BCUT2D eigenvalue weighted by atomic mass is 9.95. The van der Waals surface area contributed by atoms with E-state index >= 15 is 0 Å². The molecule has 0 spiro atoms. The molecule has 0 aromatic heterocycles. The van der Waals surface area contributed by atoms with E-state index in [-0.39, 0.29) is 10.8 Å². The highest BCUT2D eigenvalue weighted by Crippen LogP contribution is 2.32. The number of rotatable bonds is 6. The molecule has 164 valence electrons. The summed E-state index contributed by atoms with van der Waals surface area (Å²) in [6, 6.07) is 17.6. The van der Waals surface area contributed by atoms with Gasteiger partial charge < -0.3 is 10.2 Å². The lowest BCUT2D eigenvalue weighted by Gasteiger charge is -2.21. The molecule has 3 aromatic rings.